The van der Waals surface area contributed by atoms with E-state index >= 15 is 0 Å². The fraction of sp³-hybridized carbons (Fsp3) is 0.625. The number of hydrogen-bond donors (Lipinski definition) is 1. The van der Waals surface area contributed by atoms with Crippen LogP contribution in [0, 0.1) is 0 Å². The fourth-order valence-corrected chi connectivity index (χ4v) is 3.03. The Bertz CT molecular complexity index is 403. The zero-order valence-corrected chi connectivity index (χ0v) is 11.7. The first-order chi connectivity index (χ1) is 9.26. The van der Waals surface area contributed by atoms with Gasteiger partial charge in [-0.1, -0.05) is 12.1 Å². The molecular formula is C16H23NO2. The van der Waals surface area contributed by atoms with Gasteiger partial charge in [0.1, 0.15) is 11.9 Å². The minimum Gasteiger partial charge on any atom is -0.490 e. The van der Waals surface area contributed by atoms with Crippen LogP contribution in [0.25, 0.3) is 0 Å². The zero-order valence-electron chi connectivity index (χ0n) is 11.7. The Labute approximate surface area is 115 Å². The summed E-state index contributed by atoms with van der Waals surface area (Å²) in [6.45, 7) is 5.06. The van der Waals surface area contributed by atoms with Crippen LogP contribution in [0.2, 0.25) is 0 Å². The van der Waals surface area contributed by atoms with E-state index in [1.54, 1.807) is 0 Å². The molecule has 0 aliphatic carbocycles. The molecule has 0 radical (unpaired) electrons. The second-order valence-corrected chi connectivity index (χ2v) is 5.82. The minimum absolute atomic E-state index is 0.150. The highest BCUT2D eigenvalue weighted by atomic mass is 16.5. The molecule has 0 bridgehead atoms. The second-order valence-electron chi connectivity index (χ2n) is 5.82. The molecule has 3 nitrogen and oxygen atoms in total. The van der Waals surface area contributed by atoms with E-state index in [4.69, 9.17) is 9.47 Å². The van der Waals surface area contributed by atoms with E-state index in [2.05, 4.69) is 36.5 Å². The molecular weight excluding hydrogens is 238 g/mol. The molecule has 3 rings (SSSR count). The normalized spacial score (nSPS) is 28.5. The lowest BCUT2D eigenvalue weighted by Crippen LogP contribution is -2.33. The number of nitrogens with one attached hydrogen (secondary N) is 1. The van der Waals surface area contributed by atoms with E-state index in [9.17, 15) is 0 Å². The molecule has 1 unspecified atom stereocenters. The number of benzene rings is 1. The predicted molar refractivity (Wildman–Crippen MR) is 75.5 cm³/mol. The van der Waals surface area contributed by atoms with Crippen LogP contribution in [-0.2, 0) is 10.3 Å². The molecule has 2 saturated heterocycles. The van der Waals surface area contributed by atoms with E-state index in [0.29, 0.717) is 6.10 Å². The van der Waals surface area contributed by atoms with Gasteiger partial charge in [-0.2, -0.15) is 0 Å². The summed E-state index contributed by atoms with van der Waals surface area (Å²) in [5.74, 6) is 0.984. The summed E-state index contributed by atoms with van der Waals surface area (Å²) in [7, 11) is 0. The van der Waals surface area contributed by atoms with Crippen molar-refractivity contribution in [2.24, 2.45) is 0 Å². The first-order valence-corrected chi connectivity index (χ1v) is 7.36. The van der Waals surface area contributed by atoms with Gasteiger partial charge in [0.15, 0.2) is 0 Å². The van der Waals surface area contributed by atoms with Crippen molar-refractivity contribution in [3.8, 4) is 5.75 Å². The maximum Gasteiger partial charge on any atom is 0.119 e. The van der Waals surface area contributed by atoms with Gasteiger partial charge in [-0.15, -0.1) is 0 Å². The zero-order chi connectivity index (χ0) is 13.1. The molecule has 0 saturated carbocycles. The Morgan fingerprint density at radius 2 is 1.95 bits per heavy atom. The third kappa shape index (κ3) is 2.93. The Morgan fingerprint density at radius 3 is 2.58 bits per heavy atom. The van der Waals surface area contributed by atoms with Gasteiger partial charge in [0.2, 0.25) is 0 Å². The summed E-state index contributed by atoms with van der Waals surface area (Å²) in [4.78, 5) is 0. The van der Waals surface area contributed by atoms with Crippen molar-refractivity contribution < 1.29 is 9.47 Å². The van der Waals surface area contributed by atoms with Crippen molar-refractivity contribution >= 4 is 0 Å². The van der Waals surface area contributed by atoms with Crippen LogP contribution in [0.15, 0.2) is 24.3 Å². The Morgan fingerprint density at radius 1 is 1.21 bits per heavy atom. The second kappa shape index (κ2) is 5.51. The first kappa shape index (κ1) is 12.9. The maximum absolute atomic E-state index is 6.01. The fourth-order valence-electron chi connectivity index (χ4n) is 3.03. The summed E-state index contributed by atoms with van der Waals surface area (Å²) < 4.78 is 11.4. The summed E-state index contributed by atoms with van der Waals surface area (Å²) in [6, 6.07) is 8.62. The molecule has 1 N–H and O–H groups in total. The van der Waals surface area contributed by atoms with Crippen LogP contribution in [-0.4, -0.2) is 25.9 Å². The topological polar surface area (TPSA) is 30.5 Å². The van der Waals surface area contributed by atoms with Crippen LogP contribution in [0.1, 0.15) is 38.2 Å². The molecule has 2 aliphatic heterocycles. The van der Waals surface area contributed by atoms with Crippen LogP contribution in [0.4, 0.5) is 0 Å². The summed E-state index contributed by atoms with van der Waals surface area (Å²) in [5, 5.41) is 3.59. The lowest BCUT2D eigenvalue weighted by molar-refractivity contribution is 0.0255. The average Bonchev–Trinajstić information content (AvgIpc) is 2.89. The molecule has 2 aliphatic rings. The summed E-state index contributed by atoms with van der Waals surface area (Å²) in [5.41, 5.74) is 1.52. The van der Waals surface area contributed by atoms with Gasteiger partial charge in [-0.05, 0) is 44.0 Å². The highest BCUT2D eigenvalue weighted by Crippen LogP contribution is 2.31. The predicted octanol–water partition coefficient (Wildman–Crippen LogP) is 2.84. The van der Waals surface area contributed by atoms with Gasteiger partial charge in [0, 0.05) is 18.4 Å². The van der Waals surface area contributed by atoms with Crippen molar-refractivity contribution in [2.45, 2.75) is 44.2 Å². The van der Waals surface area contributed by atoms with Crippen molar-refractivity contribution in [3.05, 3.63) is 29.8 Å². The minimum atomic E-state index is 0.150. The van der Waals surface area contributed by atoms with E-state index < -0.39 is 0 Å². The molecule has 2 fully saturated rings. The Kier molecular flexibility index (Phi) is 3.76. The SMILES string of the molecule is CC1(c2ccc(OC3CCOCC3)cc2)CCCN1. The molecule has 0 spiro atoms. The van der Waals surface area contributed by atoms with Gasteiger partial charge in [0.25, 0.3) is 0 Å². The lowest BCUT2D eigenvalue weighted by atomic mass is 9.91. The smallest absolute Gasteiger partial charge is 0.119 e. The largest absolute Gasteiger partial charge is 0.490 e. The van der Waals surface area contributed by atoms with E-state index in [1.165, 1.54) is 18.4 Å². The van der Waals surface area contributed by atoms with Gasteiger partial charge in [-0.25, -0.2) is 0 Å². The van der Waals surface area contributed by atoms with Gasteiger partial charge in [-0.3, -0.25) is 0 Å². The molecule has 2 heterocycles. The lowest BCUT2D eigenvalue weighted by Gasteiger charge is -2.26. The van der Waals surface area contributed by atoms with E-state index in [-0.39, 0.29) is 5.54 Å². The summed E-state index contributed by atoms with van der Waals surface area (Å²) >= 11 is 0. The molecule has 19 heavy (non-hydrogen) atoms. The standard InChI is InChI=1S/C16H23NO2/c1-16(9-2-10-17-16)13-3-5-14(6-4-13)19-15-7-11-18-12-8-15/h3-6,15,17H,2,7-12H2,1H3. The molecule has 1 aromatic rings. The quantitative estimate of drug-likeness (QED) is 0.907. The number of ether oxygens (including phenoxy) is 2. The first-order valence-electron chi connectivity index (χ1n) is 7.36. The molecule has 0 amide bonds. The van der Waals surface area contributed by atoms with Crippen LogP contribution in [0.3, 0.4) is 0 Å². The van der Waals surface area contributed by atoms with Gasteiger partial charge >= 0.3 is 0 Å². The Balaban J connectivity index is 1.65. The van der Waals surface area contributed by atoms with Crippen molar-refractivity contribution in [1.82, 2.24) is 5.32 Å². The maximum atomic E-state index is 6.01. The highest BCUT2D eigenvalue weighted by molar-refractivity contribution is 5.32. The third-order valence-corrected chi connectivity index (χ3v) is 4.33. The van der Waals surface area contributed by atoms with Crippen molar-refractivity contribution in [2.75, 3.05) is 19.8 Å². The van der Waals surface area contributed by atoms with Gasteiger partial charge in [0.05, 0.1) is 13.2 Å². The molecule has 1 aromatic carbocycles. The van der Waals surface area contributed by atoms with E-state index in [1.807, 2.05) is 0 Å². The number of rotatable bonds is 3. The van der Waals surface area contributed by atoms with Crippen LogP contribution < -0.4 is 10.1 Å². The van der Waals surface area contributed by atoms with E-state index in [0.717, 1.165) is 38.3 Å². The highest BCUT2D eigenvalue weighted by Gasteiger charge is 2.29. The summed E-state index contributed by atoms with van der Waals surface area (Å²) in [6.07, 6.45) is 4.80. The number of hydrogen-bond acceptors (Lipinski definition) is 3. The van der Waals surface area contributed by atoms with Crippen LogP contribution >= 0.6 is 0 Å². The molecule has 1 atom stereocenters. The molecule has 0 aromatic heterocycles. The van der Waals surface area contributed by atoms with Crippen LogP contribution in [0.5, 0.6) is 5.75 Å². The van der Waals surface area contributed by atoms with Crippen molar-refractivity contribution in [3.63, 3.8) is 0 Å². The molecule has 104 valence electrons. The Hall–Kier alpha value is -1.06. The third-order valence-electron chi connectivity index (χ3n) is 4.33. The average molecular weight is 261 g/mol. The van der Waals surface area contributed by atoms with Crippen molar-refractivity contribution in [1.29, 1.82) is 0 Å². The van der Waals surface area contributed by atoms with Gasteiger partial charge < -0.3 is 14.8 Å². The monoisotopic (exact) mass is 261 g/mol. The molecule has 3 heteroatoms.